The average Bonchev–Trinajstić information content (AvgIpc) is 3.08. The molecular weight excluding hydrogens is 380 g/mol. The first kappa shape index (κ1) is 20.4. The van der Waals surface area contributed by atoms with Crippen molar-refractivity contribution in [2.75, 3.05) is 32.7 Å². The zero-order valence-electron chi connectivity index (χ0n) is 17.8. The molecule has 30 heavy (non-hydrogen) atoms. The second kappa shape index (κ2) is 8.85. The molecule has 0 spiro atoms. The molecule has 1 fully saturated rings. The minimum atomic E-state index is -0.0862. The lowest BCUT2D eigenvalue weighted by atomic mass is 10.3. The Labute approximate surface area is 176 Å². The zero-order valence-corrected chi connectivity index (χ0v) is 17.8. The molecule has 0 atom stereocenters. The van der Waals surface area contributed by atoms with Crippen LogP contribution in [0.1, 0.15) is 22.8 Å². The molecule has 0 bridgehead atoms. The second-order valence-corrected chi connectivity index (χ2v) is 7.86. The summed E-state index contributed by atoms with van der Waals surface area (Å²) >= 11 is 0. The highest BCUT2D eigenvalue weighted by Crippen LogP contribution is 2.09. The van der Waals surface area contributed by atoms with Crippen LogP contribution in [0.3, 0.4) is 0 Å². The lowest BCUT2D eigenvalue weighted by molar-refractivity contribution is 0.121. The lowest BCUT2D eigenvalue weighted by Crippen LogP contribution is -2.47. The van der Waals surface area contributed by atoms with Gasteiger partial charge in [0.1, 0.15) is 0 Å². The van der Waals surface area contributed by atoms with Crippen LogP contribution in [0.5, 0.6) is 0 Å². The highest BCUT2D eigenvalue weighted by Gasteiger charge is 2.18. The van der Waals surface area contributed by atoms with Crippen LogP contribution in [0.25, 0.3) is 5.82 Å². The predicted octanol–water partition coefficient (Wildman–Crippen LogP) is 0.962. The quantitative estimate of drug-likeness (QED) is 0.601. The van der Waals surface area contributed by atoms with E-state index in [4.69, 9.17) is 0 Å². The van der Waals surface area contributed by atoms with Gasteiger partial charge in [0.15, 0.2) is 5.82 Å². The van der Waals surface area contributed by atoms with Crippen LogP contribution < -0.4 is 5.56 Å². The SMILES string of the molecule is Cc1cnc(CN2CCN(CCn3nc(-n4nc(C)cc4C)ccc3=O)CC2)cn1. The van der Waals surface area contributed by atoms with Crippen LogP contribution in [0.2, 0.25) is 0 Å². The zero-order chi connectivity index (χ0) is 21.1. The lowest BCUT2D eigenvalue weighted by Gasteiger charge is -2.34. The molecule has 0 saturated carbocycles. The van der Waals surface area contributed by atoms with Crippen molar-refractivity contribution in [3.63, 3.8) is 0 Å². The van der Waals surface area contributed by atoms with Crippen molar-refractivity contribution in [3.8, 4) is 5.82 Å². The van der Waals surface area contributed by atoms with Crippen molar-refractivity contribution in [2.45, 2.75) is 33.9 Å². The van der Waals surface area contributed by atoms with Crippen molar-refractivity contribution >= 4 is 0 Å². The second-order valence-electron chi connectivity index (χ2n) is 7.86. The maximum absolute atomic E-state index is 12.3. The molecule has 3 aromatic rings. The van der Waals surface area contributed by atoms with Gasteiger partial charge in [-0.1, -0.05) is 0 Å². The average molecular weight is 409 g/mol. The molecule has 3 aromatic heterocycles. The molecule has 0 radical (unpaired) electrons. The number of nitrogens with zero attached hydrogens (tertiary/aromatic N) is 8. The van der Waals surface area contributed by atoms with Gasteiger partial charge in [0, 0.05) is 63.4 Å². The van der Waals surface area contributed by atoms with Gasteiger partial charge < -0.3 is 0 Å². The summed E-state index contributed by atoms with van der Waals surface area (Å²) in [4.78, 5) is 25.8. The molecule has 0 aromatic carbocycles. The third-order valence-corrected chi connectivity index (χ3v) is 5.39. The number of rotatable bonds is 6. The number of piperazine rings is 1. The van der Waals surface area contributed by atoms with E-state index in [1.165, 1.54) is 0 Å². The number of aryl methyl sites for hydroxylation is 3. The largest absolute Gasteiger partial charge is 0.299 e. The van der Waals surface area contributed by atoms with Gasteiger partial charge in [-0.2, -0.15) is 5.10 Å². The van der Waals surface area contributed by atoms with E-state index in [9.17, 15) is 4.79 Å². The summed E-state index contributed by atoms with van der Waals surface area (Å²) in [5.74, 6) is 0.671. The van der Waals surface area contributed by atoms with Gasteiger partial charge >= 0.3 is 0 Å². The Balaban J connectivity index is 1.32. The fraction of sp³-hybridized carbons (Fsp3) is 0.476. The van der Waals surface area contributed by atoms with E-state index in [-0.39, 0.29) is 5.56 Å². The molecule has 158 valence electrons. The van der Waals surface area contributed by atoms with Gasteiger partial charge in [0.05, 0.1) is 23.6 Å². The van der Waals surface area contributed by atoms with Crippen LogP contribution in [-0.4, -0.2) is 72.1 Å². The van der Waals surface area contributed by atoms with Crippen LogP contribution in [0.15, 0.2) is 35.4 Å². The molecule has 1 aliphatic heterocycles. The molecule has 0 unspecified atom stereocenters. The van der Waals surface area contributed by atoms with Gasteiger partial charge in [-0.3, -0.25) is 24.6 Å². The van der Waals surface area contributed by atoms with Crippen molar-refractivity contribution < 1.29 is 0 Å². The standard InChI is InChI=1S/C21H28N8O/c1-16-12-18(3)29(24-16)20-4-5-21(30)28(25-20)11-10-26-6-8-27(9-7-26)15-19-14-22-17(2)13-23-19/h4-5,12-14H,6-11,15H2,1-3H3. The minimum Gasteiger partial charge on any atom is -0.299 e. The van der Waals surface area contributed by atoms with Crippen LogP contribution in [-0.2, 0) is 13.1 Å². The molecule has 4 rings (SSSR count). The fourth-order valence-electron chi connectivity index (χ4n) is 3.71. The first-order valence-corrected chi connectivity index (χ1v) is 10.3. The Kier molecular flexibility index (Phi) is 6.01. The van der Waals surface area contributed by atoms with Gasteiger partial charge in [-0.15, -0.1) is 5.10 Å². The highest BCUT2D eigenvalue weighted by molar-refractivity contribution is 5.23. The third kappa shape index (κ3) is 4.80. The summed E-state index contributed by atoms with van der Waals surface area (Å²) in [6, 6.07) is 5.29. The maximum Gasteiger partial charge on any atom is 0.266 e. The molecule has 1 saturated heterocycles. The highest BCUT2D eigenvalue weighted by atomic mass is 16.1. The van der Waals surface area contributed by atoms with E-state index in [1.54, 1.807) is 21.5 Å². The summed E-state index contributed by atoms with van der Waals surface area (Å²) in [6.45, 7) is 11.9. The minimum absolute atomic E-state index is 0.0862. The van der Waals surface area contributed by atoms with Crippen molar-refractivity contribution in [1.29, 1.82) is 0 Å². The summed E-state index contributed by atoms with van der Waals surface area (Å²) in [5, 5.41) is 8.99. The first-order valence-electron chi connectivity index (χ1n) is 10.3. The van der Waals surface area contributed by atoms with Crippen molar-refractivity contribution in [3.05, 3.63) is 63.7 Å². The Morgan fingerprint density at radius 2 is 1.63 bits per heavy atom. The molecule has 0 aliphatic carbocycles. The van der Waals surface area contributed by atoms with Crippen molar-refractivity contribution in [2.24, 2.45) is 0 Å². The summed E-state index contributed by atoms with van der Waals surface area (Å²) in [6.07, 6.45) is 3.67. The Hall–Kier alpha value is -2.91. The number of hydrogen-bond donors (Lipinski definition) is 0. The molecule has 9 nitrogen and oxygen atoms in total. The normalized spacial score (nSPS) is 15.6. The number of hydrogen-bond acceptors (Lipinski definition) is 7. The van der Waals surface area contributed by atoms with E-state index in [0.717, 1.165) is 62.0 Å². The summed E-state index contributed by atoms with van der Waals surface area (Å²) in [5.41, 5.74) is 3.79. The topological polar surface area (TPSA) is 85.0 Å². The van der Waals surface area contributed by atoms with Crippen molar-refractivity contribution in [1.82, 2.24) is 39.3 Å². The predicted molar refractivity (Wildman–Crippen MR) is 114 cm³/mol. The van der Waals surface area contributed by atoms with Gasteiger partial charge in [-0.05, 0) is 32.9 Å². The van der Waals surface area contributed by atoms with Crippen LogP contribution in [0.4, 0.5) is 0 Å². The Morgan fingerprint density at radius 3 is 2.30 bits per heavy atom. The van der Waals surface area contributed by atoms with E-state index >= 15 is 0 Å². The summed E-state index contributed by atoms with van der Waals surface area (Å²) < 4.78 is 3.32. The summed E-state index contributed by atoms with van der Waals surface area (Å²) in [7, 11) is 0. The van der Waals surface area contributed by atoms with E-state index < -0.39 is 0 Å². The Bertz CT molecular complexity index is 1050. The van der Waals surface area contributed by atoms with Crippen LogP contribution in [0, 0.1) is 20.8 Å². The number of aromatic nitrogens is 6. The van der Waals surface area contributed by atoms with Gasteiger partial charge in [-0.25, -0.2) is 9.36 Å². The maximum atomic E-state index is 12.3. The molecule has 0 N–H and O–H groups in total. The molecule has 0 amide bonds. The molecule has 1 aliphatic rings. The van der Waals surface area contributed by atoms with Crippen LogP contribution >= 0.6 is 0 Å². The fourth-order valence-corrected chi connectivity index (χ4v) is 3.71. The van der Waals surface area contributed by atoms with E-state index in [2.05, 4.69) is 30.0 Å². The van der Waals surface area contributed by atoms with Gasteiger partial charge in [0.2, 0.25) is 0 Å². The molecular formula is C21H28N8O. The Morgan fingerprint density at radius 1 is 0.867 bits per heavy atom. The molecule has 9 heteroatoms. The first-order chi connectivity index (χ1) is 14.5. The smallest absolute Gasteiger partial charge is 0.266 e. The van der Waals surface area contributed by atoms with Gasteiger partial charge in [0.25, 0.3) is 5.56 Å². The third-order valence-electron chi connectivity index (χ3n) is 5.39. The van der Waals surface area contributed by atoms with E-state index in [1.807, 2.05) is 39.2 Å². The monoisotopic (exact) mass is 408 g/mol. The molecule has 4 heterocycles. The van der Waals surface area contributed by atoms with E-state index in [0.29, 0.717) is 12.4 Å².